The summed E-state index contributed by atoms with van der Waals surface area (Å²) in [5.74, 6) is 5.43. The summed E-state index contributed by atoms with van der Waals surface area (Å²) in [5.41, 5.74) is 1.69. The topological polar surface area (TPSA) is 50.2 Å². The van der Waals surface area contributed by atoms with E-state index in [9.17, 15) is 9.18 Å². The molecule has 6 heteroatoms. The smallest absolute Gasteiger partial charge is 0.271 e. The molecule has 0 spiro atoms. The maximum Gasteiger partial charge on any atom is 0.271 e. The Hall–Kier alpha value is -2.65. The van der Waals surface area contributed by atoms with Gasteiger partial charge in [0, 0.05) is 31.8 Å². The van der Waals surface area contributed by atoms with Crippen molar-refractivity contribution in [2.75, 3.05) is 26.2 Å². The Balaban J connectivity index is 1.59. The lowest BCUT2D eigenvalue weighted by Gasteiger charge is -2.14. The van der Waals surface area contributed by atoms with Crippen molar-refractivity contribution in [2.45, 2.75) is 12.8 Å². The first kappa shape index (κ1) is 17.2. The van der Waals surface area contributed by atoms with Gasteiger partial charge in [0.05, 0.1) is 0 Å². The minimum Gasteiger partial charge on any atom is -0.349 e. The van der Waals surface area contributed by atoms with Crippen LogP contribution in [0, 0.1) is 17.7 Å². The molecule has 0 unspecified atom stereocenters. The van der Waals surface area contributed by atoms with Crippen LogP contribution in [0.4, 0.5) is 4.39 Å². The number of amides is 1. The Bertz CT molecular complexity index is 795. The largest absolute Gasteiger partial charge is 0.349 e. The fourth-order valence-corrected chi connectivity index (χ4v) is 2.79. The molecule has 1 aromatic carbocycles. The van der Waals surface area contributed by atoms with Crippen molar-refractivity contribution in [3.05, 3.63) is 53.1 Å². The molecule has 0 saturated carbocycles. The lowest BCUT2D eigenvalue weighted by molar-refractivity contribution is 0.0944. The molecule has 0 radical (unpaired) electrons. The molecule has 1 amide bonds. The highest BCUT2D eigenvalue weighted by molar-refractivity contribution is 5.92. The van der Waals surface area contributed by atoms with E-state index in [1.165, 1.54) is 25.0 Å². The Kier molecular flexibility index (Phi) is 5.46. The third-order valence-corrected chi connectivity index (χ3v) is 4.20. The zero-order valence-corrected chi connectivity index (χ0v) is 14.3. The van der Waals surface area contributed by atoms with Gasteiger partial charge in [-0.25, -0.2) is 4.39 Å². The van der Waals surface area contributed by atoms with E-state index in [0.29, 0.717) is 23.5 Å². The van der Waals surface area contributed by atoms with Crippen molar-refractivity contribution in [2.24, 2.45) is 7.05 Å². The number of hydrogen-bond donors (Lipinski definition) is 1. The normalized spacial score (nSPS) is 14.2. The van der Waals surface area contributed by atoms with E-state index >= 15 is 0 Å². The number of hydrogen-bond acceptors (Lipinski definition) is 3. The molecule has 2 heterocycles. The van der Waals surface area contributed by atoms with E-state index in [-0.39, 0.29) is 11.7 Å². The Labute approximate surface area is 146 Å². The number of benzene rings is 1. The molecule has 0 aliphatic carbocycles. The Morgan fingerprint density at radius 3 is 2.68 bits per heavy atom. The summed E-state index contributed by atoms with van der Waals surface area (Å²) in [6, 6.07) is 7.63. The first-order valence-corrected chi connectivity index (χ1v) is 8.44. The summed E-state index contributed by atoms with van der Waals surface area (Å²) in [4.78, 5) is 14.5. The van der Waals surface area contributed by atoms with Crippen LogP contribution in [-0.4, -0.2) is 46.8 Å². The number of aryl methyl sites for hydroxylation is 1. The van der Waals surface area contributed by atoms with Gasteiger partial charge >= 0.3 is 0 Å². The Morgan fingerprint density at radius 2 is 1.96 bits per heavy atom. The van der Waals surface area contributed by atoms with Crippen LogP contribution in [0.15, 0.2) is 30.3 Å². The van der Waals surface area contributed by atoms with Crippen molar-refractivity contribution < 1.29 is 9.18 Å². The van der Waals surface area contributed by atoms with Crippen molar-refractivity contribution >= 4 is 5.91 Å². The van der Waals surface area contributed by atoms with Gasteiger partial charge < -0.3 is 10.2 Å². The maximum atomic E-state index is 12.9. The Morgan fingerprint density at radius 1 is 1.24 bits per heavy atom. The fourth-order valence-electron chi connectivity index (χ4n) is 2.79. The lowest BCUT2D eigenvalue weighted by Crippen LogP contribution is -2.33. The zero-order chi connectivity index (χ0) is 17.6. The average molecular weight is 340 g/mol. The average Bonchev–Trinajstić information content (AvgIpc) is 3.24. The molecule has 5 nitrogen and oxygen atoms in total. The predicted octanol–water partition coefficient (Wildman–Crippen LogP) is 1.78. The van der Waals surface area contributed by atoms with E-state index in [1.807, 2.05) is 0 Å². The molecule has 1 aliphatic rings. The van der Waals surface area contributed by atoms with Crippen molar-refractivity contribution in [1.29, 1.82) is 0 Å². The van der Waals surface area contributed by atoms with Crippen LogP contribution in [0.3, 0.4) is 0 Å². The number of rotatable bonds is 4. The minimum absolute atomic E-state index is 0.190. The molecular formula is C19H21FN4O. The second-order valence-electron chi connectivity index (χ2n) is 6.10. The molecule has 25 heavy (non-hydrogen) atoms. The first-order chi connectivity index (χ1) is 12.1. The van der Waals surface area contributed by atoms with Crippen LogP contribution in [-0.2, 0) is 7.05 Å². The predicted molar refractivity (Wildman–Crippen MR) is 93.6 cm³/mol. The highest BCUT2D eigenvalue weighted by Crippen LogP contribution is 2.06. The lowest BCUT2D eigenvalue weighted by atomic mass is 10.2. The van der Waals surface area contributed by atoms with Crippen molar-refractivity contribution in [3.8, 4) is 11.8 Å². The van der Waals surface area contributed by atoms with Gasteiger partial charge in [-0.15, -0.1) is 0 Å². The highest BCUT2D eigenvalue weighted by atomic mass is 19.1. The number of nitrogens with one attached hydrogen (secondary N) is 1. The van der Waals surface area contributed by atoms with Gasteiger partial charge in [0.15, 0.2) is 5.69 Å². The van der Waals surface area contributed by atoms with Gasteiger partial charge in [0.2, 0.25) is 0 Å². The third kappa shape index (κ3) is 4.68. The quantitative estimate of drug-likeness (QED) is 0.864. The summed E-state index contributed by atoms with van der Waals surface area (Å²) in [5, 5.41) is 7.12. The summed E-state index contributed by atoms with van der Waals surface area (Å²) in [6.45, 7) is 3.72. The highest BCUT2D eigenvalue weighted by Gasteiger charge is 2.14. The van der Waals surface area contributed by atoms with Crippen LogP contribution in [0.5, 0.6) is 0 Å². The SMILES string of the molecule is Cn1nc(C(=O)NCCN2CCCC2)cc1C#Cc1ccc(F)cc1. The number of aromatic nitrogens is 2. The number of halogens is 1. The van der Waals surface area contributed by atoms with E-state index < -0.39 is 0 Å². The molecule has 3 rings (SSSR count). The second kappa shape index (κ2) is 7.95. The third-order valence-electron chi connectivity index (χ3n) is 4.20. The molecule has 2 aromatic rings. The molecule has 1 saturated heterocycles. The van der Waals surface area contributed by atoms with Crippen LogP contribution in [0.2, 0.25) is 0 Å². The van der Waals surface area contributed by atoms with Crippen LogP contribution in [0.1, 0.15) is 34.6 Å². The van der Waals surface area contributed by atoms with Gasteiger partial charge in [-0.05, 0) is 56.1 Å². The van der Waals surface area contributed by atoms with E-state index in [1.54, 1.807) is 29.9 Å². The van der Waals surface area contributed by atoms with Crippen molar-refractivity contribution in [3.63, 3.8) is 0 Å². The summed E-state index contributed by atoms with van der Waals surface area (Å²) in [6.07, 6.45) is 2.48. The van der Waals surface area contributed by atoms with Gasteiger partial charge in [-0.2, -0.15) is 5.10 Å². The molecular weight excluding hydrogens is 319 g/mol. The summed E-state index contributed by atoms with van der Waals surface area (Å²) < 4.78 is 14.5. The van der Waals surface area contributed by atoms with Crippen LogP contribution in [0.25, 0.3) is 0 Å². The number of likely N-dealkylation sites (tertiary alicyclic amines) is 1. The first-order valence-electron chi connectivity index (χ1n) is 8.44. The van der Waals surface area contributed by atoms with Crippen molar-refractivity contribution in [1.82, 2.24) is 20.0 Å². The summed E-state index contributed by atoms with van der Waals surface area (Å²) in [7, 11) is 1.75. The number of carbonyl (C=O) groups is 1. The molecule has 0 atom stereocenters. The maximum absolute atomic E-state index is 12.9. The van der Waals surface area contributed by atoms with Gasteiger partial charge in [0.1, 0.15) is 11.5 Å². The fraction of sp³-hybridized carbons (Fsp3) is 0.368. The van der Waals surface area contributed by atoms with E-state index in [4.69, 9.17) is 0 Å². The minimum atomic E-state index is -0.293. The van der Waals surface area contributed by atoms with Gasteiger partial charge in [-0.1, -0.05) is 5.92 Å². The van der Waals surface area contributed by atoms with Crippen LogP contribution >= 0.6 is 0 Å². The van der Waals surface area contributed by atoms with Gasteiger partial charge in [-0.3, -0.25) is 9.48 Å². The molecule has 1 fully saturated rings. The van der Waals surface area contributed by atoms with Gasteiger partial charge in [0.25, 0.3) is 5.91 Å². The molecule has 130 valence electrons. The second-order valence-corrected chi connectivity index (χ2v) is 6.10. The molecule has 1 aliphatic heterocycles. The zero-order valence-electron chi connectivity index (χ0n) is 14.3. The number of nitrogens with zero attached hydrogens (tertiary/aromatic N) is 3. The number of carbonyl (C=O) groups excluding carboxylic acids is 1. The van der Waals surface area contributed by atoms with E-state index in [2.05, 4.69) is 27.2 Å². The molecule has 1 aromatic heterocycles. The molecule has 0 bridgehead atoms. The summed E-state index contributed by atoms with van der Waals surface area (Å²) >= 11 is 0. The monoisotopic (exact) mass is 340 g/mol. The molecule has 1 N–H and O–H groups in total. The standard InChI is InChI=1S/C19H21FN4O/c1-23-17(9-6-15-4-7-16(20)8-5-15)14-18(22-23)19(25)21-10-13-24-11-2-3-12-24/h4-5,7-8,14H,2-3,10-13H2,1H3,(H,21,25). The van der Waals surface area contributed by atoms with Crippen LogP contribution < -0.4 is 5.32 Å². The van der Waals surface area contributed by atoms with E-state index in [0.717, 1.165) is 19.6 Å².